The lowest BCUT2D eigenvalue weighted by atomic mass is 10.1. The van der Waals surface area contributed by atoms with E-state index in [1.807, 2.05) is 24.3 Å². The van der Waals surface area contributed by atoms with Crippen LogP contribution >= 0.6 is 0 Å². The number of hydrogen-bond donors (Lipinski definition) is 2. The molecule has 1 aliphatic heterocycles. The molecule has 3 heterocycles. The van der Waals surface area contributed by atoms with Crippen LogP contribution in [0.4, 0.5) is 11.5 Å². The van der Waals surface area contributed by atoms with E-state index in [2.05, 4.69) is 30.4 Å². The summed E-state index contributed by atoms with van der Waals surface area (Å²) in [4.78, 5) is 23.5. The molecule has 0 saturated carbocycles. The van der Waals surface area contributed by atoms with Gasteiger partial charge in [-0.05, 0) is 18.6 Å². The fourth-order valence-electron chi connectivity index (χ4n) is 2.85. The summed E-state index contributed by atoms with van der Waals surface area (Å²) < 4.78 is 0. The highest BCUT2D eigenvalue weighted by atomic mass is 16.2. The van der Waals surface area contributed by atoms with Crippen molar-refractivity contribution in [2.24, 2.45) is 5.92 Å². The van der Waals surface area contributed by atoms with Gasteiger partial charge in [0, 0.05) is 19.3 Å². The Bertz CT molecular complexity index is 831. The summed E-state index contributed by atoms with van der Waals surface area (Å²) in [5.74, 6) is 0.781. The van der Waals surface area contributed by atoms with E-state index in [0.29, 0.717) is 12.2 Å². The van der Waals surface area contributed by atoms with Gasteiger partial charge in [-0.25, -0.2) is 4.98 Å². The van der Waals surface area contributed by atoms with Crippen molar-refractivity contribution in [3.05, 3.63) is 42.9 Å². The minimum Gasteiger partial charge on any atom is -0.354 e. The quantitative estimate of drug-likeness (QED) is 0.770. The fourth-order valence-corrected chi connectivity index (χ4v) is 2.85. The molecule has 23 heavy (non-hydrogen) atoms. The number of benzene rings is 1. The molecule has 1 aliphatic rings. The van der Waals surface area contributed by atoms with Crippen LogP contribution in [0.15, 0.2) is 42.9 Å². The number of fused-ring (bicyclic) bond motifs is 1. The SMILES string of the molecule is O=C(Nc1cn[nH]c1)C1CCN(c2cnc3ccccc3n2)C1. The van der Waals surface area contributed by atoms with E-state index in [-0.39, 0.29) is 11.8 Å². The van der Waals surface area contributed by atoms with Crippen molar-refractivity contribution in [1.82, 2.24) is 20.2 Å². The van der Waals surface area contributed by atoms with Gasteiger partial charge in [-0.15, -0.1) is 0 Å². The van der Waals surface area contributed by atoms with Gasteiger partial charge in [0.15, 0.2) is 0 Å². The van der Waals surface area contributed by atoms with Crippen LogP contribution < -0.4 is 10.2 Å². The largest absolute Gasteiger partial charge is 0.354 e. The zero-order valence-electron chi connectivity index (χ0n) is 12.4. The standard InChI is InChI=1S/C16H16N6O/c23-16(20-12-7-18-19-8-12)11-5-6-22(10-11)15-9-17-13-3-1-2-4-14(13)21-15/h1-4,7-9,11H,5-6,10H2,(H,18,19)(H,20,23). The van der Waals surface area contributed by atoms with Gasteiger partial charge in [-0.3, -0.25) is 14.9 Å². The first kappa shape index (κ1) is 13.7. The molecule has 0 spiro atoms. The number of amides is 1. The van der Waals surface area contributed by atoms with Gasteiger partial charge >= 0.3 is 0 Å². The second-order valence-electron chi connectivity index (χ2n) is 5.62. The number of rotatable bonds is 3. The van der Waals surface area contributed by atoms with Crippen molar-refractivity contribution in [3.8, 4) is 0 Å². The zero-order chi connectivity index (χ0) is 15.6. The number of hydrogen-bond acceptors (Lipinski definition) is 5. The van der Waals surface area contributed by atoms with Crippen LogP contribution in [0, 0.1) is 5.92 Å². The van der Waals surface area contributed by atoms with Gasteiger partial charge in [-0.2, -0.15) is 5.10 Å². The molecule has 1 atom stereocenters. The number of nitrogens with one attached hydrogen (secondary N) is 2. The molecule has 4 rings (SSSR count). The second kappa shape index (κ2) is 5.68. The highest BCUT2D eigenvalue weighted by molar-refractivity contribution is 5.93. The lowest BCUT2D eigenvalue weighted by Crippen LogP contribution is -2.27. The number of aromatic amines is 1. The molecule has 1 saturated heterocycles. The zero-order valence-corrected chi connectivity index (χ0v) is 12.4. The number of H-pyrrole nitrogens is 1. The number of para-hydroxylation sites is 2. The summed E-state index contributed by atoms with van der Waals surface area (Å²) in [7, 11) is 0. The minimum atomic E-state index is -0.0572. The van der Waals surface area contributed by atoms with E-state index in [1.54, 1.807) is 18.6 Å². The molecule has 7 nitrogen and oxygen atoms in total. The van der Waals surface area contributed by atoms with Gasteiger partial charge in [-0.1, -0.05) is 12.1 Å². The van der Waals surface area contributed by atoms with Crippen molar-refractivity contribution in [3.63, 3.8) is 0 Å². The average Bonchev–Trinajstić information content (AvgIpc) is 3.26. The van der Waals surface area contributed by atoms with Gasteiger partial charge in [0.1, 0.15) is 5.82 Å². The Labute approximate surface area is 132 Å². The van der Waals surface area contributed by atoms with Crippen LogP contribution in [0.5, 0.6) is 0 Å². The van der Waals surface area contributed by atoms with Crippen molar-refractivity contribution in [1.29, 1.82) is 0 Å². The molecular formula is C16H16N6O. The molecule has 7 heteroatoms. The number of carbonyl (C=O) groups excluding carboxylic acids is 1. The number of nitrogens with zero attached hydrogens (tertiary/aromatic N) is 4. The number of carbonyl (C=O) groups is 1. The van der Waals surface area contributed by atoms with Crippen LogP contribution in [0.25, 0.3) is 11.0 Å². The number of anilines is 2. The smallest absolute Gasteiger partial charge is 0.229 e. The Hall–Kier alpha value is -2.96. The molecule has 0 bridgehead atoms. The van der Waals surface area contributed by atoms with Crippen molar-refractivity contribution < 1.29 is 4.79 Å². The molecule has 0 aliphatic carbocycles. The lowest BCUT2D eigenvalue weighted by Gasteiger charge is -2.17. The van der Waals surface area contributed by atoms with E-state index in [4.69, 9.17) is 0 Å². The third kappa shape index (κ3) is 2.73. The molecule has 2 N–H and O–H groups in total. The summed E-state index contributed by atoms with van der Waals surface area (Å²) in [5, 5.41) is 9.38. The average molecular weight is 308 g/mol. The molecule has 1 unspecified atom stereocenters. The summed E-state index contributed by atoms with van der Waals surface area (Å²) in [6.07, 6.45) is 5.84. The molecule has 1 fully saturated rings. The number of aromatic nitrogens is 4. The molecule has 3 aromatic rings. The van der Waals surface area contributed by atoms with Crippen molar-refractivity contribution in [2.75, 3.05) is 23.3 Å². The highest BCUT2D eigenvalue weighted by Gasteiger charge is 2.29. The van der Waals surface area contributed by atoms with Gasteiger partial charge in [0.2, 0.25) is 5.91 Å². The lowest BCUT2D eigenvalue weighted by molar-refractivity contribution is -0.119. The highest BCUT2D eigenvalue weighted by Crippen LogP contribution is 2.24. The molecule has 1 aromatic carbocycles. The normalized spacial score (nSPS) is 17.6. The predicted molar refractivity (Wildman–Crippen MR) is 87.1 cm³/mol. The third-order valence-electron chi connectivity index (χ3n) is 4.08. The van der Waals surface area contributed by atoms with Crippen molar-refractivity contribution in [2.45, 2.75) is 6.42 Å². The van der Waals surface area contributed by atoms with Crippen LogP contribution in [0.1, 0.15) is 6.42 Å². The van der Waals surface area contributed by atoms with Gasteiger partial charge in [0.05, 0.1) is 35.0 Å². The topological polar surface area (TPSA) is 86.8 Å². The molecular weight excluding hydrogens is 292 g/mol. The summed E-state index contributed by atoms with van der Waals surface area (Å²) in [6, 6.07) is 7.79. The first-order valence-corrected chi connectivity index (χ1v) is 7.56. The maximum absolute atomic E-state index is 12.3. The monoisotopic (exact) mass is 308 g/mol. The molecule has 116 valence electrons. The minimum absolute atomic E-state index is 0.0163. The summed E-state index contributed by atoms with van der Waals surface area (Å²) in [5.41, 5.74) is 2.44. The Kier molecular flexibility index (Phi) is 3.38. The maximum Gasteiger partial charge on any atom is 0.229 e. The molecule has 2 aromatic heterocycles. The van der Waals surface area contributed by atoms with E-state index in [0.717, 1.165) is 29.8 Å². The van der Waals surface area contributed by atoms with Gasteiger partial charge < -0.3 is 10.2 Å². The van der Waals surface area contributed by atoms with Gasteiger partial charge in [0.25, 0.3) is 0 Å². The van der Waals surface area contributed by atoms with E-state index in [9.17, 15) is 4.79 Å². The summed E-state index contributed by atoms with van der Waals surface area (Å²) >= 11 is 0. The second-order valence-corrected chi connectivity index (χ2v) is 5.62. The first-order chi connectivity index (χ1) is 11.3. The predicted octanol–water partition coefficient (Wildman–Crippen LogP) is 1.82. The Morgan fingerprint density at radius 2 is 2.13 bits per heavy atom. The van der Waals surface area contributed by atoms with E-state index < -0.39 is 0 Å². The van der Waals surface area contributed by atoms with E-state index >= 15 is 0 Å². The van der Waals surface area contributed by atoms with E-state index in [1.165, 1.54) is 0 Å². The Balaban J connectivity index is 1.47. The maximum atomic E-state index is 12.3. The van der Waals surface area contributed by atoms with Crippen LogP contribution in [-0.4, -0.2) is 39.2 Å². The van der Waals surface area contributed by atoms with Crippen LogP contribution in [-0.2, 0) is 4.79 Å². The Morgan fingerprint density at radius 3 is 2.96 bits per heavy atom. The Morgan fingerprint density at radius 1 is 1.26 bits per heavy atom. The first-order valence-electron chi connectivity index (χ1n) is 7.56. The molecule has 1 amide bonds. The third-order valence-corrected chi connectivity index (χ3v) is 4.08. The molecule has 0 radical (unpaired) electrons. The fraction of sp³-hybridized carbons (Fsp3) is 0.250. The van der Waals surface area contributed by atoms with Crippen LogP contribution in [0.3, 0.4) is 0 Å². The van der Waals surface area contributed by atoms with Crippen LogP contribution in [0.2, 0.25) is 0 Å². The summed E-state index contributed by atoms with van der Waals surface area (Å²) in [6.45, 7) is 1.45. The van der Waals surface area contributed by atoms with Crippen molar-refractivity contribution >= 4 is 28.4 Å².